The fraction of sp³-hybridized carbons (Fsp3) is 0.571. The number of rotatable bonds is 7. The molecule has 0 saturated carbocycles. The van der Waals surface area contributed by atoms with Crippen molar-refractivity contribution in [2.75, 3.05) is 40.1 Å². The van der Waals surface area contributed by atoms with Gasteiger partial charge in [-0.15, -0.1) is 0 Å². The lowest BCUT2D eigenvalue weighted by atomic mass is 10.0. The summed E-state index contributed by atoms with van der Waals surface area (Å²) in [6, 6.07) is 4.00. The lowest BCUT2D eigenvalue weighted by Crippen LogP contribution is -2.23. The molecule has 0 bridgehead atoms. The lowest BCUT2D eigenvalue weighted by molar-refractivity contribution is 0.353. The molecule has 0 radical (unpaired) electrons. The molecule has 4 heteroatoms. The second-order valence-electron chi connectivity index (χ2n) is 4.40. The van der Waals surface area contributed by atoms with Crippen LogP contribution in [0, 0.1) is 6.92 Å². The number of nitrogens with zero attached hydrogens (tertiary/aromatic N) is 1. The number of ether oxygens (including phenoxy) is 2. The van der Waals surface area contributed by atoms with Crippen LogP contribution in [0.25, 0.3) is 0 Å². The maximum atomic E-state index is 5.45. The Labute approximate surface area is 115 Å². The Kier molecular flexibility index (Phi) is 6.36. The molecule has 0 spiro atoms. The predicted molar refractivity (Wildman–Crippen MR) is 79.3 cm³/mol. The van der Waals surface area contributed by atoms with Gasteiger partial charge in [-0.05, 0) is 37.6 Å². The Morgan fingerprint density at radius 1 is 1.17 bits per heavy atom. The Bertz CT molecular complexity index is 382. The molecule has 3 nitrogen and oxygen atoms in total. The molecule has 102 valence electrons. The van der Waals surface area contributed by atoms with E-state index in [4.69, 9.17) is 9.47 Å². The van der Waals surface area contributed by atoms with Crippen molar-refractivity contribution in [3.05, 3.63) is 23.3 Å². The molecule has 18 heavy (non-hydrogen) atoms. The highest BCUT2D eigenvalue weighted by atomic mass is 32.1. The fourth-order valence-electron chi connectivity index (χ4n) is 1.96. The number of likely N-dealkylation sites (N-methyl/N-ethyl adjacent to an activating group) is 1. The van der Waals surface area contributed by atoms with Gasteiger partial charge >= 0.3 is 0 Å². The maximum absolute atomic E-state index is 5.45. The molecule has 0 N–H and O–H groups in total. The zero-order chi connectivity index (χ0) is 13.5. The molecule has 0 atom stereocenters. The van der Waals surface area contributed by atoms with Gasteiger partial charge in [0.15, 0.2) is 0 Å². The minimum absolute atomic E-state index is 0.844. The Morgan fingerprint density at radius 3 is 2.44 bits per heavy atom. The summed E-state index contributed by atoms with van der Waals surface area (Å²) in [6.07, 6.45) is 0.975. The summed E-state index contributed by atoms with van der Waals surface area (Å²) in [5.41, 5.74) is 2.47. The molecular weight excluding hydrogens is 246 g/mol. The van der Waals surface area contributed by atoms with Crippen LogP contribution in [0.2, 0.25) is 0 Å². The average Bonchev–Trinajstić information content (AvgIpc) is 2.36. The van der Waals surface area contributed by atoms with Crippen LogP contribution in [-0.4, -0.2) is 45.0 Å². The van der Waals surface area contributed by atoms with Gasteiger partial charge in [0, 0.05) is 24.9 Å². The third-order valence-electron chi connectivity index (χ3n) is 3.09. The molecule has 0 amide bonds. The number of benzene rings is 1. The maximum Gasteiger partial charge on any atom is 0.126 e. The first-order valence-electron chi connectivity index (χ1n) is 6.13. The highest BCUT2D eigenvalue weighted by Crippen LogP contribution is 2.28. The summed E-state index contributed by atoms with van der Waals surface area (Å²) in [6.45, 7) is 4.10. The second kappa shape index (κ2) is 7.54. The monoisotopic (exact) mass is 269 g/mol. The van der Waals surface area contributed by atoms with Gasteiger partial charge in [0.05, 0.1) is 14.2 Å². The van der Waals surface area contributed by atoms with Crippen LogP contribution in [0.3, 0.4) is 0 Å². The van der Waals surface area contributed by atoms with Gasteiger partial charge in [-0.25, -0.2) is 0 Å². The molecule has 0 heterocycles. The number of hydrogen-bond donors (Lipinski definition) is 1. The van der Waals surface area contributed by atoms with E-state index in [-0.39, 0.29) is 0 Å². The number of hydrogen-bond acceptors (Lipinski definition) is 4. The van der Waals surface area contributed by atoms with Crippen LogP contribution in [-0.2, 0) is 6.42 Å². The minimum atomic E-state index is 0.844. The summed E-state index contributed by atoms with van der Waals surface area (Å²) in [5.74, 6) is 2.64. The van der Waals surface area contributed by atoms with E-state index in [1.54, 1.807) is 14.2 Å². The van der Waals surface area contributed by atoms with Gasteiger partial charge in [0.1, 0.15) is 11.5 Å². The quantitative estimate of drug-likeness (QED) is 0.768. The molecule has 0 aromatic heterocycles. The van der Waals surface area contributed by atoms with Crippen LogP contribution in [0.1, 0.15) is 11.1 Å². The van der Waals surface area contributed by atoms with Crippen molar-refractivity contribution < 1.29 is 9.47 Å². The smallest absolute Gasteiger partial charge is 0.126 e. The topological polar surface area (TPSA) is 21.7 Å². The average molecular weight is 269 g/mol. The second-order valence-corrected chi connectivity index (χ2v) is 4.85. The number of aryl methyl sites for hydroxylation is 1. The van der Waals surface area contributed by atoms with Crippen molar-refractivity contribution in [3.8, 4) is 11.5 Å². The van der Waals surface area contributed by atoms with Gasteiger partial charge in [0.2, 0.25) is 0 Å². The normalized spacial score (nSPS) is 10.8. The van der Waals surface area contributed by atoms with Gasteiger partial charge in [-0.2, -0.15) is 12.6 Å². The minimum Gasteiger partial charge on any atom is -0.497 e. The predicted octanol–water partition coefficient (Wildman–Crippen LogP) is 2.42. The van der Waals surface area contributed by atoms with Crippen LogP contribution in [0.4, 0.5) is 0 Å². The van der Waals surface area contributed by atoms with Gasteiger partial charge in [0.25, 0.3) is 0 Å². The first-order chi connectivity index (χ1) is 8.62. The van der Waals surface area contributed by atoms with Crippen molar-refractivity contribution >= 4 is 12.6 Å². The first kappa shape index (κ1) is 15.2. The van der Waals surface area contributed by atoms with E-state index >= 15 is 0 Å². The number of thiol groups is 1. The molecular formula is C14H23NO2S. The first-order valence-corrected chi connectivity index (χ1v) is 6.76. The highest BCUT2D eigenvalue weighted by Gasteiger charge is 2.10. The largest absolute Gasteiger partial charge is 0.497 e. The van der Waals surface area contributed by atoms with Crippen LogP contribution >= 0.6 is 12.6 Å². The third kappa shape index (κ3) is 4.10. The van der Waals surface area contributed by atoms with Gasteiger partial charge in [-0.1, -0.05) is 0 Å². The summed E-state index contributed by atoms with van der Waals surface area (Å²) in [4.78, 5) is 2.27. The van der Waals surface area contributed by atoms with E-state index in [0.29, 0.717) is 0 Å². The van der Waals surface area contributed by atoms with E-state index in [1.807, 2.05) is 6.07 Å². The lowest BCUT2D eigenvalue weighted by Gasteiger charge is -2.18. The van der Waals surface area contributed by atoms with E-state index in [2.05, 4.69) is 37.6 Å². The highest BCUT2D eigenvalue weighted by molar-refractivity contribution is 7.80. The third-order valence-corrected chi connectivity index (χ3v) is 3.29. The van der Waals surface area contributed by atoms with E-state index in [0.717, 1.165) is 36.8 Å². The Balaban J connectivity index is 2.81. The zero-order valence-electron chi connectivity index (χ0n) is 11.7. The van der Waals surface area contributed by atoms with Crippen molar-refractivity contribution in [1.82, 2.24) is 4.90 Å². The number of methoxy groups -OCH3 is 2. The summed E-state index contributed by atoms with van der Waals surface area (Å²) >= 11 is 4.24. The van der Waals surface area contributed by atoms with Crippen LogP contribution in [0.5, 0.6) is 11.5 Å². The SMILES string of the molecule is COc1cc(C)c(CCN(C)CCS)c(OC)c1. The summed E-state index contributed by atoms with van der Waals surface area (Å²) in [5, 5.41) is 0. The van der Waals surface area contributed by atoms with Crippen molar-refractivity contribution in [2.24, 2.45) is 0 Å². The summed E-state index contributed by atoms with van der Waals surface area (Å²) in [7, 11) is 5.49. The zero-order valence-corrected chi connectivity index (χ0v) is 12.6. The molecule has 0 saturated heterocycles. The van der Waals surface area contributed by atoms with Crippen LogP contribution < -0.4 is 9.47 Å². The van der Waals surface area contributed by atoms with Crippen molar-refractivity contribution in [3.63, 3.8) is 0 Å². The Morgan fingerprint density at radius 2 is 1.89 bits per heavy atom. The van der Waals surface area contributed by atoms with E-state index in [9.17, 15) is 0 Å². The van der Waals surface area contributed by atoms with Crippen LogP contribution in [0.15, 0.2) is 12.1 Å². The molecule has 1 aromatic rings. The van der Waals surface area contributed by atoms with Crippen molar-refractivity contribution in [2.45, 2.75) is 13.3 Å². The molecule has 1 rings (SSSR count). The van der Waals surface area contributed by atoms with Gasteiger partial charge < -0.3 is 14.4 Å². The van der Waals surface area contributed by atoms with E-state index < -0.39 is 0 Å². The summed E-state index contributed by atoms with van der Waals surface area (Å²) < 4.78 is 10.7. The molecule has 0 aliphatic rings. The van der Waals surface area contributed by atoms with Gasteiger partial charge in [-0.3, -0.25) is 0 Å². The molecule has 0 aliphatic heterocycles. The standard InChI is InChI=1S/C14H23NO2S/c1-11-9-12(16-3)10-14(17-4)13(11)5-6-15(2)7-8-18/h9-10,18H,5-8H2,1-4H3. The molecule has 0 aliphatic carbocycles. The van der Waals surface area contributed by atoms with E-state index in [1.165, 1.54) is 11.1 Å². The molecule has 0 unspecified atom stereocenters. The van der Waals surface area contributed by atoms with Crippen molar-refractivity contribution in [1.29, 1.82) is 0 Å². The fourth-order valence-corrected chi connectivity index (χ4v) is 2.30. The Hall–Kier alpha value is -0.870. The molecule has 0 fully saturated rings. The molecule has 1 aromatic carbocycles.